The highest BCUT2D eigenvalue weighted by Gasteiger charge is 2.25. The van der Waals surface area contributed by atoms with Crippen molar-refractivity contribution >= 4 is 23.1 Å². The SMILES string of the molecule is Nc1cnc(Cl)nc1NC1CCCCC1CO. The molecule has 1 heterocycles. The zero-order valence-corrected chi connectivity index (χ0v) is 10.3. The van der Waals surface area contributed by atoms with E-state index in [4.69, 9.17) is 17.3 Å². The highest BCUT2D eigenvalue weighted by molar-refractivity contribution is 6.28. The number of anilines is 2. The van der Waals surface area contributed by atoms with Gasteiger partial charge in [0.2, 0.25) is 5.28 Å². The number of nitrogens with zero attached hydrogens (tertiary/aromatic N) is 2. The Morgan fingerprint density at radius 2 is 2.24 bits per heavy atom. The molecule has 2 rings (SSSR count). The Kier molecular flexibility index (Phi) is 4.02. The molecule has 1 fully saturated rings. The molecule has 4 N–H and O–H groups in total. The van der Waals surface area contributed by atoms with Gasteiger partial charge in [0.25, 0.3) is 0 Å². The summed E-state index contributed by atoms with van der Waals surface area (Å²) in [6.45, 7) is 0.191. The van der Waals surface area contributed by atoms with Gasteiger partial charge < -0.3 is 16.2 Å². The van der Waals surface area contributed by atoms with E-state index in [1.165, 1.54) is 12.6 Å². The lowest BCUT2D eigenvalue weighted by Crippen LogP contribution is -2.34. The van der Waals surface area contributed by atoms with Crippen LogP contribution in [0.15, 0.2) is 6.20 Å². The first-order valence-corrected chi connectivity index (χ1v) is 6.24. The lowest BCUT2D eigenvalue weighted by molar-refractivity contribution is 0.178. The van der Waals surface area contributed by atoms with Crippen LogP contribution in [0.4, 0.5) is 11.5 Å². The molecule has 1 aromatic heterocycles. The summed E-state index contributed by atoms with van der Waals surface area (Å²) in [4.78, 5) is 7.88. The summed E-state index contributed by atoms with van der Waals surface area (Å²) in [5.74, 6) is 0.826. The fourth-order valence-corrected chi connectivity index (χ4v) is 2.41. The second-order valence-corrected chi connectivity index (χ2v) is 4.76. The molecule has 0 amide bonds. The van der Waals surface area contributed by atoms with Gasteiger partial charge in [0.15, 0.2) is 5.82 Å². The summed E-state index contributed by atoms with van der Waals surface area (Å²) < 4.78 is 0. The van der Waals surface area contributed by atoms with Gasteiger partial charge in [-0.25, -0.2) is 4.98 Å². The second kappa shape index (κ2) is 5.51. The van der Waals surface area contributed by atoms with Crippen LogP contribution in [0.1, 0.15) is 25.7 Å². The van der Waals surface area contributed by atoms with Crippen molar-refractivity contribution in [2.45, 2.75) is 31.7 Å². The van der Waals surface area contributed by atoms with Crippen molar-refractivity contribution in [1.29, 1.82) is 0 Å². The average molecular weight is 257 g/mol. The first-order chi connectivity index (χ1) is 8.20. The zero-order valence-electron chi connectivity index (χ0n) is 9.56. The van der Waals surface area contributed by atoms with Crippen LogP contribution in [0.5, 0.6) is 0 Å². The third kappa shape index (κ3) is 2.98. The minimum absolute atomic E-state index is 0.179. The predicted molar refractivity (Wildman–Crippen MR) is 67.9 cm³/mol. The van der Waals surface area contributed by atoms with E-state index in [-0.39, 0.29) is 23.9 Å². The number of halogens is 1. The van der Waals surface area contributed by atoms with Crippen molar-refractivity contribution < 1.29 is 5.11 Å². The molecule has 0 spiro atoms. The van der Waals surface area contributed by atoms with Crippen LogP contribution in [0.3, 0.4) is 0 Å². The summed E-state index contributed by atoms with van der Waals surface area (Å²) in [6.07, 6.45) is 5.88. The van der Waals surface area contributed by atoms with Crippen LogP contribution in [0.2, 0.25) is 5.28 Å². The highest BCUT2D eigenvalue weighted by Crippen LogP contribution is 2.28. The first-order valence-electron chi connectivity index (χ1n) is 5.86. The van der Waals surface area contributed by atoms with Crippen LogP contribution in [-0.4, -0.2) is 27.7 Å². The molecular formula is C11H17ClN4O. The van der Waals surface area contributed by atoms with Gasteiger partial charge in [-0.1, -0.05) is 12.8 Å². The Balaban J connectivity index is 2.10. The van der Waals surface area contributed by atoms with Crippen molar-refractivity contribution in [3.8, 4) is 0 Å². The maximum Gasteiger partial charge on any atom is 0.224 e. The minimum atomic E-state index is 0.179. The molecule has 0 aliphatic heterocycles. The van der Waals surface area contributed by atoms with E-state index >= 15 is 0 Å². The van der Waals surface area contributed by atoms with E-state index in [0.717, 1.165) is 19.3 Å². The van der Waals surface area contributed by atoms with Gasteiger partial charge in [-0.2, -0.15) is 4.98 Å². The molecule has 94 valence electrons. The number of hydrogen-bond donors (Lipinski definition) is 3. The lowest BCUT2D eigenvalue weighted by atomic mass is 9.85. The Bertz CT molecular complexity index is 388. The molecule has 1 saturated carbocycles. The first kappa shape index (κ1) is 12.4. The van der Waals surface area contributed by atoms with Gasteiger partial charge in [0.1, 0.15) is 0 Å². The molecule has 0 aromatic carbocycles. The molecule has 6 heteroatoms. The number of nitrogens with one attached hydrogen (secondary N) is 1. The third-order valence-corrected chi connectivity index (χ3v) is 3.44. The number of hydrogen-bond acceptors (Lipinski definition) is 5. The van der Waals surface area contributed by atoms with Gasteiger partial charge in [-0.05, 0) is 24.4 Å². The summed E-state index contributed by atoms with van der Waals surface area (Å²) in [5.41, 5.74) is 6.27. The molecule has 1 aliphatic carbocycles. The fourth-order valence-electron chi connectivity index (χ4n) is 2.28. The number of aliphatic hydroxyl groups is 1. The molecule has 1 aliphatic rings. The maximum absolute atomic E-state index is 9.33. The van der Waals surface area contributed by atoms with E-state index < -0.39 is 0 Å². The fraction of sp³-hybridized carbons (Fsp3) is 0.636. The highest BCUT2D eigenvalue weighted by atomic mass is 35.5. The van der Waals surface area contributed by atoms with Gasteiger partial charge >= 0.3 is 0 Å². The van der Waals surface area contributed by atoms with E-state index in [9.17, 15) is 5.11 Å². The standard InChI is InChI=1S/C11H17ClN4O/c12-11-14-5-8(13)10(16-11)15-9-4-2-1-3-7(9)6-17/h5,7,9,17H,1-4,6,13H2,(H,14,15,16). The van der Waals surface area contributed by atoms with Gasteiger partial charge in [-0.15, -0.1) is 0 Å². The summed E-state index contributed by atoms with van der Waals surface area (Å²) >= 11 is 5.74. The van der Waals surface area contributed by atoms with Gasteiger partial charge in [0.05, 0.1) is 11.9 Å². The van der Waals surface area contributed by atoms with E-state index in [2.05, 4.69) is 15.3 Å². The van der Waals surface area contributed by atoms with E-state index in [0.29, 0.717) is 11.5 Å². The van der Waals surface area contributed by atoms with Gasteiger partial charge in [0, 0.05) is 18.6 Å². The van der Waals surface area contributed by atoms with Crippen LogP contribution in [0.25, 0.3) is 0 Å². The number of aromatic nitrogens is 2. The Labute approximate surface area is 105 Å². The Morgan fingerprint density at radius 3 is 3.00 bits per heavy atom. The maximum atomic E-state index is 9.33. The normalized spacial score (nSPS) is 24.6. The summed E-state index contributed by atoms with van der Waals surface area (Å²) in [6, 6.07) is 0.210. The molecule has 5 nitrogen and oxygen atoms in total. The Morgan fingerprint density at radius 1 is 1.47 bits per heavy atom. The molecule has 0 saturated heterocycles. The number of aliphatic hydroxyl groups excluding tert-OH is 1. The number of rotatable bonds is 3. The molecule has 17 heavy (non-hydrogen) atoms. The molecule has 0 radical (unpaired) electrons. The van der Waals surface area contributed by atoms with Crippen molar-refractivity contribution in [2.24, 2.45) is 5.92 Å². The molecule has 1 aromatic rings. The van der Waals surface area contributed by atoms with Crippen molar-refractivity contribution in [2.75, 3.05) is 17.7 Å². The zero-order chi connectivity index (χ0) is 12.3. The lowest BCUT2D eigenvalue weighted by Gasteiger charge is -2.31. The second-order valence-electron chi connectivity index (χ2n) is 4.42. The molecule has 2 atom stereocenters. The van der Waals surface area contributed by atoms with Crippen LogP contribution < -0.4 is 11.1 Å². The molecule has 2 unspecified atom stereocenters. The van der Waals surface area contributed by atoms with Crippen LogP contribution in [-0.2, 0) is 0 Å². The van der Waals surface area contributed by atoms with Crippen molar-refractivity contribution in [1.82, 2.24) is 9.97 Å². The van der Waals surface area contributed by atoms with Crippen molar-refractivity contribution in [3.63, 3.8) is 0 Å². The minimum Gasteiger partial charge on any atom is -0.396 e. The quantitative estimate of drug-likeness (QED) is 0.717. The summed E-state index contributed by atoms with van der Waals surface area (Å²) in [7, 11) is 0. The monoisotopic (exact) mass is 256 g/mol. The van der Waals surface area contributed by atoms with Crippen LogP contribution in [0, 0.1) is 5.92 Å². The van der Waals surface area contributed by atoms with Crippen LogP contribution >= 0.6 is 11.6 Å². The summed E-state index contributed by atoms with van der Waals surface area (Å²) in [5, 5.41) is 12.8. The van der Waals surface area contributed by atoms with E-state index in [1.807, 2.05) is 0 Å². The Hall–Kier alpha value is -1.07. The third-order valence-electron chi connectivity index (χ3n) is 3.25. The largest absolute Gasteiger partial charge is 0.396 e. The smallest absolute Gasteiger partial charge is 0.224 e. The van der Waals surface area contributed by atoms with Gasteiger partial charge in [-0.3, -0.25) is 0 Å². The molecule has 0 bridgehead atoms. The number of nitrogens with two attached hydrogens (primary N) is 1. The van der Waals surface area contributed by atoms with E-state index in [1.54, 1.807) is 0 Å². The average Bonchev–Trinajstić information content (AvgIpc) is 2.34. The topological polar surface area (TPSA) is 84.1 Å². The number of nitrogen functional groups attached to an aromatic ring is 1. The predicted octanol–water partition coefficient (Wildman–Crippen LogP) is 1.68. The van der Waals surface area contributed by atoms with Crippen molar-refractivity contribution in [3.05, 3.63) is 11.5 Å². The molecular weight excluding hydrogens is 240 g/mol.